The molecule has 7 heteroatoms. The Labute approximate surface area is 170 Å². The fourth-order valence-electron chi connectivity index (χ4n) is 3.33. The van der Waals surface area contributed by atoms with Gasteiger partial charge >= 0.3 is 6.03 Å². The third kappa shape index (κ3) is 5.42. The normalized spacial score (nSPS) is 14.5. The van der Waals surface area contributed by atoms with Crippen LogP contribution in [0, 0.1) is 0 Å². The Morgan fingerprint density at radius 2 is 1.79 bits per heavy atom. The van der Waals surface area contributed by atoms with E-state index < -0.39 is 18.0 Å². The van der Waals surface area contributed by atoms with E-state index in [-0.39, 0.29) is 5.91 Å². The Kier molecular flexibility index (Phi) is 6.97. The minimum atomic E-state index is -0.668. The molecule has 0 spiro atoms. The molecular formula is C22H26N4O3. The Morgan fingerprint density at radius 3 is 2.41 bits per heavy atom. The fourth-order valence-corrected chi connectivity index (χ4v) is 3.33. The summed E-state index contributed by atoms with van der Waals surface area (Å²) in [5.74, 6) is -0.261. The number of carbonyl (C=O) groups is 3. The number of nitrogens with one attached hydrogen (secondary N) is 3. The molecule has 1 heterocycles. The van der Waals surface area contributed by atoms with Crippen molar-refractivity contribution in [3.05, 3.63) is 65.7 Å². The van der Waals surface area contributed by atoms with Gasteiger partial charge in [0.2, 0.25) is 11.8 Å². The lowest BCUT2D eigenvalue weighted by molar-refractivity contribution is -0.122. The van der Waals surface area contributed by atoms with Crippen LogP contribution < -0.4 is 20.9 Å². The number of benzene rings is 2. The van der Waals surface area contributed by atoms with Crippen LogP contribution in [0.15, 0.2) is 54.6 Å². The van der Waals surface area contributed by atoms with Crippen molar-refractivity contribution < 1.29 is 14.4 Å². The quantitative estimate of drug-likeness (QED) is 0.673. The standard InChI is InChI=1S/C22H26N4O3/c1-2-23-22(29)25-21(28)20(17-7-4-3-5-8-17)24-15-16-10-12-18(13-11-16)26-14-6-9-19(26)27/h3-5,7-8,10-13,20,24H,2,6,9,14-15H2,1H3,(H2,23,25,28,29). The summed E-state index contributed by atoms with van der Waals surface area (Å²) in [5, 5.41) is 8.16. The fraction of sp³-hybridized carbons (Fsp3) is 0.318. The minimum absolute atomic E-state index is 0.155. The van der Waals surface area contributed by atoms with Crippen LogP contribution in [0.1, 0.15) is 36.9 Å². The smallest absolute Gasteiger partial charge is 0.321 e. The molecule has 1 atom stereocenters. The molecule has 3 N–H and O–H groups in total. The minimum Gasteiger partial charge on any atom is -0.338 e. The van der Waals surface area contributed by atoms with Crippen LogP contribution in [0.5, 0.6) is 0 Å². The number of carbonyl (C=O) groups excluding carboxylic acids is 3. The number of imide groups is 1. The van der Waals surface area contributed by atoms with Crippen LogP contribution in [0.25, 0.3) is 0 Å². The molecule has 0 bridgehead atoms. The number of hydrogen-bond donors (Lipinski definition) is 3. The summed E-state index contributed by atoms with van der Waals surface area (Å²) in [6.07, 6.45) is 1.49. The summed E-state index contributed by atoms with van der Waals surface area (Å²) in [4.78, 5) is 38.1. The van der Waals surface area contributed by atoms with Gasteiger partial charge < -0.3 is 10.2 Å². The second kappa shape index (κ2) is 9.84. The van der Waals surface area contributed by atoms with Gasteiger partial charge in [-0.25, -0.2) is 4.79 Å². The molecule has 1 fully saturated rings. The van der Waals surface area contributed by atoms with Crippen LogP contribution in [-0.2, 0) is 16.1 Å². The maximum absolute atomic E-state index is 12.6. The lowest BCUT2D eigenvalue weighted by Crippen LogP contribution is -2.44. The van der Waals surface area contributed by atoms with Crippen molar-refractivity contribution in [2.24, 2.45) is 0 Å². The molecule has 7 nitrogen and oxygen atoms in total. The van der Waals surface area contributed by atoms with Crippen LogP contribution >= 0.6 is 0 Å². The number of rotatable bonds is 7. The van der Waals surface area contributed by atoms with E-state index in [1.165, 1.54) is 0 Å². The highest BCUT2D eigenvalue weighted by molar-refractivity contribution is 5.97. The molecule has 29 heavy (non-hydrogen) atoms. The molecule has 152 valence electrons. The molecule has 2 aromatic carbocycles. The van der Waals surface area contributed by atoms with Crippen molar-refractivity contribution in [2.45, 2.75) is 32.4 Å². The Hall–Kier alpha value is -3.19. The highest BCUT2D eigenvalue weighted by Gasteiger charge is 2.23. The van der Waals surface area contributed by atoms with E-state index in [4.69, 9.17) is 0 Å². The van der Waals surface area contributed by atoms with Gasteiger partial charge in [0.25, 0.3) is 0 Å². The second-order valence-electron chi connectivity index (χ2n) is 6.89. The molecule has 0 aromatic heterocycles. The van der Waals surface area contributed by atoms with E-state index in [9.17, 15) is 14.4 Å². The predicted molar refractivity (Wildman–Crippen MR) is 111 cm³/mol. The largest absolute Gasteiger partial charge is 0.338 e. The summed E-state index contributed by atoms with van der Waals surface area (Å²) in [6.45, 7) is 3.42. The third-order valence-electron chi connectivity index (χ3n) is 4.80. The Balaban J connectivity index is 1.67. The molecule has 0 aliphatic carbocycles. The molecule has 4 amide bonds. The summed E-state index contributed by atoms with van der Waals surface area (Å²) in [7, 11) is 0. The van der Waals surface area contributed by atoms with Gasteiger partial charge in [-0.1, -0.05) is 42.5 Å². The highest BCUT2D eigenvalue weighted by Crippen LogP contribution is 2.22. The van der Waals surface area contributed by atoms with Crippen molar-refractivity contribution >= 4 is 23.5 Å². The van der Waals surface area contributed by atoms with E-state index in [0.717, 1.165) is 29.8 Å². The van der Waals surface area contributed by atoms with E-state index in [1.807, 2.05) is 54.6 Å². The monoisotopic (exact) mass is 394 g/mol. The van der Waals surface area contributed by atoms with Crippen molar-refractivity contribution in [1.29, 1.82) is 0 Å². The Morgan fingerprint density at radius 1 is 1.07 bits per heavy atom. The lowest BCUT2D eigenvalue weighted by atomic mass is 10.1. The van der Waals surface area contributed by atoms with Gasteiger partial charge in [-0.05, 0) is 36.6 Å². The van der Waals surface area contributed by atoms with Crippen LogP contribution in [-0.4, -0.2) is 30.9 Å². The molecule has 1 aliphatic rings. The average molecular weight is 394 g/mol. The SMILES string of the molecule is CCNC(=O)NC(=O)C(NCc1ccc(N2CCCC2=O)cc1)c1ccccc1. The molecule has 3 rings (SSSR count). The zero-order valence-corrected chi connectivity index (χ0v) is 16.5. The molecule has 1 unspecified atom stereocenters. The number of hydrogen-bond acceptors (Lipinski definition) is 4. The zero-order chi connectivity index (χ0) is 20.6. The molecular weight excluding hydrogens is 368 g/mol. The first-order valence-electron chi connectivity index (χ1n) is 9.85. The van der Waals surface area contributed by atoms with E-state index in [0.29, 0.717) is 19.5 Å². The first kappa shape index (κ1) is 20.5. The van der Waals surface area contributed by atoms with Crippen molar-refractivity contribution in [2.75, 3.05) is 18.0 Å². The number of urea groups is 1. The van der Waals surface area contributed by atoms with Crippen LogP contribution in [0.3, 0.4) is 0 Å². The first-order chi connectivity index (χ1) is 14.1. The summed E-state index contributed by atoms with van der Waals surface area (Å²) < 4.78 is 0. The highest BCUT2D eigenvalue weighted by atomic mass is 16.2. The number of amides is 4. The van der Waals surface area contributed by atoms with Gasteiger partial charge in [0, 0.05) is 31.7 Å². The Bertz CT molecular complexity index is 852. The summed E-state index contributed by atoms with van der Waals surface area (Å²) in [6, 6.07) is 15.8. The number of nitrogens with zero attached hydrogens (tertiary/aromatic N) is 1. The third-order valence-corrected chi connectivity index (χ3v) is 4.80. The average Bonchev–Trinajstić information content (AvgIpc) is 3.15. The zero-order valence-electron chi connectivity index (χ0n) is 16.5. The van der Waals surface area contributed by atoms with Crippen molar-refractivity contribution in [3.63, 3.8) is 0 Å². The number of anilines is 1. The van der Waals surface area contributed by atoms with Crippen molar-refractivity contribution in [3.8, 4) is 0 Å². The van der Waals surface area contributed by atoms with Gasteiger partial charge in [-0.2, -0.15) is 0 Å². The van der Waals surface area contributed by atoms with Gasteiger partial charge in [-0.15, -0.1) is 0 Å². The molecule has 0 saturated carbocycles. The van der Waals surface area contributed by atoms with Crippen LogP contribution in [0.4, 0.5) is 10.5 Å². The maximum atomic E-state index is 12.6. The van der Waals surface area contributed by atoms with Crippen molar-refractivity contribution in [1.82, 2.24) is 16.0 Å². The maximum Gasteiger partial charge on any atom is 0.321 e. The van der Waals surface area contributed by atoms with E-state index in [2.05, 4.69) is 16.0 Å². The topological polar surface area (TPSA) is 90.5 Å². The van der Waals surface area contributed by atoms with Gasteiger partial charge in [0.1, 0.15) is 6.04 Å². The van der Waals surface area contributed by atoms with Gasteiger partial charge in [-0.3, -0.25) is 20.2 Å². The van der Waals surface area contributed by atoms with Crippen LogP contribution in [0.2, 0.25) is 0 Å². The molecule has 1 saturated heterocycles. The van der Waals surface area contributed by atoms with E-state index in [1.54, 1.807) is 11.8 Å². The van der Waals surface area contributed by atoms with E-state index >= 15 is 0 Å². The second-order valence-corrected chi connectivity index (χ2v) is 6.89. The van der Waals surface area contributed by atoms with Gasteiger partial charge in [0.15, 0.2) is 0 Å². The van der Waals surface area contributed by atoms with Gasteiger partial charge in [0.05, 0.1) is 0 Å². The molecule has 2 aromatic rings. The first-order valence-corrected chi connectivity index (χ1v) is 9.85. The molecule has 1 aliphatic heterocycles. The molecule has 0 radical (unpaired) electrons. The summed E-state index contributed by atoms with van der Waals surface area (Å²) in [5.41, 5.74) is 2.64. The predicted octanol–water partition coefficient (Wildman–Crippen LogP) is 2.49. The summed E-state index contributed by atoms with van der Waals surface area (Å²) >= 11 is 0. The lowest BCUT2D eigenvalue weighted by Gasteiger charge is -2.19.